The average Bonchev–Trinajstić information content (AvgIpc) is 3.02. The zero-order chi connectivity index (χ0) is 16.4. The number of rotatable bonds is 6. The van der Waals surface area contributed by atoms with E-state index in [9.17, 15) is 0 Å². The first-order chi connectivity index (χ1) is 11.8. The molecule has 4 rings (SSSR count). The minimum Gasteiger partial charge on any atom is -0.493 e. The maximum Gasteiger partial charge on any atom is 0.182 e. The van der Waals surface area contributed by atoms with Crippen molar-refractivity contribution in [2.45, 2.75) is 25.8 Å². The van der Waals surface area contributed by atoms with Gasteiger partial charge in [-0.3, -0.25) is 0 Å². The average molecular weight is 344 g/mol. The fourth-order valence-corrected chi connectivity index (χ4v) is 2.97. The second kappa shape index (κ2) is 6.65. The van der Waals surface area contributed by atoms with Crippen LogP contribution in [0.1, 0.15) is 24.8 Å². The van der Waals surface area contributed by atoms with E-state index in [0.29, 0.717) is 29.0 Å². The second-order valence-corrected chi connectivity index (χ2v) is 6.47. The predicted molar refractivity (Wildman–Crippen MR) is 93.3 cm³/mol. The minimum absolute atomic E-state index is 0.561. The third-order valence-electron chi connectivity index (χ3n) is 4.39. The number of hydrogen-bond acceptors (Lipinski definition) is 5. The van der Waals surface area contributed by atoms with Crippen LogP contribution >= 0.6 is 11.6 Å². The van der Waals surface area contributed by atoms with Gasteiger partial charge in [-0.15, -0.1) is 0 Å². The first-order valence-corrected chi connectivity index (χ1v) is 8.46. The van der Waals surface area contributed by atoms with Crippen LogP contribution in [0.15, 0.2) is 30.9 Å². The maximum atomic E-state index is 6.15. The molecule has 0 spiro atoms. The fourth-order valence-electron chi connectivity index (χ4n) is 2.77. The molecule has 0 unspecified atom stereocenters. The molecule has 0 saturated heterocycles. The van der Waals surface area contributed by atoms with Crippen LogP contribution in [0.3, 0.4) is 0 Å². The molecule has 124 valence electrons. The lowest BCUT2D eigenvalue weighted by Gasteiger charge is -2.25. The summed E-state index contributed by atoms with van der Waals surface area (Å²) in [6.07, 6.45) is 6.95. The Bertz CT molecular complexity index is 846. The Labute approximate surface area is 144 Å². The fraction of sp³-hybridized carbons (Fsp3) is 0.353. The molecule has 1 aromatic carbocycles. The SMILES string of the molecule is Clc1ccc(OCC2CCC2)c(CNc2ncnc3nc[nH]c23)c1. The van der Waals surface area contributed by atoms with Crippen LogP contribution in [0.25, 0.3) is 11.2 Å². The van der Waals surface area contributed by atoms with E-state index >= 15 is 0 Å². The van der Waals surface area contributed by atoms with E-state index in [4.69, 9.17) is 16.3 Å². The van der Waals surface area contributed by atoms with E-state index in [-0.39, 0.29) is 0 Å². The number of aromatic nitrogens is 4. The molecule has 2 heterocycles. The Balaban J connectivity index is 1.50. The van der Waals surface area contributed by atoms with Crippen molar-refractivity contribution >= 4 is 28.6 Å². The third kappa shape index (κ3) is 3.14. The molecule has 0 radical (unpaired) electrons. The molecule has 2 N–H and O–H groups in total. The summed E-state index contributed by atoms with van der Waals surface area (Å²) in [5, 5.41) is 4.00. The predicted octanol–water partition coefficient (Wildman–Crippen LogP) is 3.80. The summed E-state index contributed by atoms with van der Waals surface area (Å²) >= 11 is 6.15. The number of hydrogen-bond donors (Lipinski definition) is 2. The summed E-state index contributed by atoms with van der Waals surface area (Å²) < 4.78 is 6.01. The molecule has 0 atom stereocenters. The van der Waals surface area contributed by atoms with Crippen molar-refractivity contribution in [1.82, 2.24) is 19.9 Å². The van der Waals surface area contributed by atoms with Crippen LogP contribution in [0.5, 0.6) is 5.75 Å². The Morgan fingerprint density at radius 3 is 3.00 bits per heavy atom. The van der Waals surface area contributed by atoms with Crippen molar-refractivity contribution in [2.75, 3.05) is 11.9 Å². The van der Waals surface area contributed by atoms with Gasteiger partial charge in [-0.25, -0.2) is 15.0 Å². The summed E-state index contributed by atoms with van der Waals surface area (Å²) in [5.74, 6) is 2.27. The highest BCUT2D eigenvalue weighted by Gasteiger charge is 2.18. The molecule has 1 aliphatic rings. The highest BCUT2D eigenvalue weighted by Crippen LogP contribution is 2.29. The molecule has 0 aliphatic heterocycles. The lowest BCUT2D eigenvalue weighted by molar-refractivity contribution is 0.179. The molecule has 6 nitrogen and oxygen atoms in total. The van der Waals surface area contributed by atoms with Gasteiger partial charge in [0.1, 0.15) is 17.6 Å². The number of H-pyrrole nitrogens is 1. The number of fused-ring (bicyclic) bond motifs is 1. The van der Waals surface area contributed by atoms with Crippen LogP contribution in [-0.2, 0) is 6.54 Å². The second-order valence-electron chi connectivity index (χ2n) is 6.04. The molecule has 2 aromatic heterocycles. The number of ether oxygens (including phenoxy) is 1. The van der Waals surface area contributed by atoms with Crippen LogP contribution in [0.4, 0.5) is 5.82 Å². The molecule has 1 saturated carbocycles. The van der Waals surface area contributed by atoms with Crippen LogP contribution in [0.2, 0.25) is 5.02 Å². The zero-order valence-electron chi connectivity index (χ0n) is 13.1. The molecule has 1 aliphatic carbocycles. The Morgan fingerprint density at radius 1 is 1.25 bits per heavy atom. The van der Waals surface area contributed by atoms with E-state index < -0.39 is 0 Å². The topological polar surface area (TPSA) is 75.7 Å². The number of halogens is 1. The van der Waals surface area contributed by atoms with Gasteiger partial charge >= 0.3 is 0 Å². The standard InChI is InChI=1S/C17H18ClN5O/c18-13-4-5-14(24-8-11-2-1-3-11)12(6-13)7-19-16-15-17(21-9-20-15)23-10-22-16/h4-6,9-11H,1-3,7-8H2,(H2,19,20,21,22,23). The number of nitrogens with one attached hydrogen (secondary N) is 2. The monoisotopic (exact) mass is 343 g/mol. The van der Waals surface area contributed by atoms with Crippen molar-refractivity contribution in [2.24, 2.45) is 5.92 Å². The van der Waals surface area contributed by atoms with Gasteiger partial charge in [-0.1, -0.05) is 18.0 Å². The molecule has 1 fully saturated rings. The molecular formula is C17H18ClN5O. The number of aromatic amines is 1. The van der Waals surface area contributed by atoms with Crippen molar-refractivity contribution in [3.63, 3.8) is 0 Å². The summed E-state index contributed by atoms with van der Waals surface area (Å²) in [6.45, 7) is 1.33. The molecule has 3 aromatic rings. The van der Waals surface area contributed by atoms with Gasteiger partial charge < -0.3 is 15.0 Å². The molecule has 24 heavy (non-hydrogen) atoms. The lowest BCUT2D eigenvalue weighted by atomic mass is 9.86. The Hall–Kier alpha value is -2.34. The summed E-state index contributed by atoms with van der Waals surface area (Å²) in [4.78, 5) is 15.6. The third-order valence-corrected chi connectivity index (χ3v) is 4.63. The maximum absolute atomic E-state index is 6.15. The quantitative estimate of drug-likeness (QED) is 0.712. The van der Waals surface area contributed by atoms with Gasteiger partial charge in [-0.2, -0.15) is 0 Å². The number of anilines is 1. The van der Waals surface area contributed by atoms with Gasteiger partial charge in [0.25, 0.3) is 0 Å². The van der Waals surface area contributed by atoms with E-state index in [2.05, 4.69) is 25.3 Å². The zero-order valence-corrected chi connectivity index (χ0v) is 13.9. The molecule has 0 amide bonds. The Morgan fingerprint density at radius 2 is 2.17 bits per heavy atom. The molecular weight excluding hydrogens is 326 g/mol. The van der Waals surface area contributed by atoms with Crippen LogP contribution in [-0.4, -0.2) is 26.5 Å². The first-order valence-electron chi connectivity index (χ1n) is 8.09. The smallest absolute Gasteiger partial charge is 0.182 e. The van der Waals surface area contributed by atoms with Crippen molar-refractivity contribution in [3.8, 4) is 5.75 Å². The molecule has 0 bridgehead atoms. The van der Waals surface area contributed by atoms with Gasteiger partial charge in [0.05, 0.1) is 12.9 Å². The van der Waals surface area contributed by atoms with Gasteiger partial charge in [0.2, 0.25) is 0 Å². The van der Waals surface area contributed by atoms with Gasteiger partial charge in [-0.05, 0) is 37.0 Å². The number of benzene rings is 1. The summed E-state index contributed by atoms with van der Waals surface area (Å²) in [7, 11) is 0. The summed E-state index contributed by atoms with van der Waals surface area (Å²) in [5.41, 5.74) is 2.43. The highest BCUT2D eigenvalue weighted by molar-refractivity contribution is 6.30. The lowest BCUT2D eigenvalue weighted by Crippen LogP contribution is -2.19. The van der Waals surface area contributed by atoms with Crippen molar-refractivity contribution in [1.29, 1.82) is 0 Å². The van der Waals surface area contributed by atoms with Gasteiger partial charge in [0, 0.05) is 17.1 Å². The number of nitrogens with zero attached hydrogens (tertiary/aromatic N) is 3. The Kier molecular flexibility index (Phi) is 4.21. The van der Waals surface area contributed by atoms with E-state index in [0.717, 1.165) is 23.4 Å². The summed E-state index contributed by atoms with van der Waals surface area (Å²) in [6, 6.07) is 5.72. The van der Waals surface area contributed by atoms with Gasteiger partial charge in [0.15, 0.2) is 11.5 Å². The van der Waals surface area contributed by atoms with Crippen molar-refractivity contribution < 1.29 is 4.74 Å². The minimum atomic E-state index is 0.561. The number of imidazole rings is 1. The largest absolute Gasteiger partial charge is 0.493 e. The van der Waals surface area contributed by atoms with E-state index in [1.807, 2.05) is 18.2 Å². The molecule has 7 heteroatoms. The van der Waals surface area contributed by atoms with E-state index in [1.54, 1.807) is 6.33 Å². The normalized spacial score (nSPS) is 14.5. The van der Waals surface area contributed by atoms with Crippen LogP contribution in [0, 0.1) is 5.92 Å². The van der Waals surface area contributed by atoms with Crippen LogP contribution < -0.4 is 10.1 Å². The van der Waals surface area contributed by atoms with Crippen molar-refractivity contribution in [3.05, 3.63) is 41.4 Å². The first kappa shape index (κ1) is 15.2. The van der Waals surface area contributed by atoms with E-state index in [1.165, 1.54) is 25.6 Å². The highest BCUT2D eigenvalue weighted by atomic mass is 35.5.